The van der Waals surface area contributed by atoms with Gasteiger partial charge in [-0.25, -0.2) is 8.42 Å². The second-order valence-corrected chi connectivity index (χ2v) is 10.3. The fourth-order valence-corrected chi connectivity index (χ4v) is 3.79. The molecule has 0 bridgehead atoms. The van der Waals surface area contributed by atoms with Crippen LogP contribution in [-0.2, 0) is 25.0 Å². The van der Waals surface area contributed by atoms with E-state index in [1.807, 2.05) is 26.0 Å². The van der Waals surface area contributed by atoms with Crippen molar-refractivity contribution >= 4 is 21.6 Å². The molecular formula is C20H32N2O5S. The maximum absolute atomic E-state index is 12.5. The Morgan fingerprint density at radius 2 is 2.04 bits per heavy atom. The van der Waals surface area contributed by atoms with Gasteiger partial charge in [-0.15, -0.1) is 0 Å². The molecule has 1 aromatic carbocycles. The van der Waals surface area contributed by atoms with Gasteiger partial charge in [-0.2, -0.15) is 0 Å². The average Bonchev–Trinajstić information content (AvgIpc) is 2.57. The van der Waals surface area contributed by atoms with Gasteiger partial charge in [0.25, 0.3) is 5.91 Å². The molecule has 0 aromatic heterocycles. The lowest BCUT2D eigenvalue weighted by molar-refractivity contribution is -0.127. The van der Waals surface area contributed by atoms with Gasteiger partial charge in [-0.05, 0) is 43.4 Å². The molecule has 28 heavy (non-hydrogen) atoms. The zero-order chi connectivity index (χ0) is 21.1. The van der Waals surface area contributed by atoms with Crippen molar-refractivity contribution in [3.05, 3.63) is 23.8 Å². The fourth-order valence-electron chi connectivity index (χ4n) is 2.89. The van der Waals surface area contributed by atoms with Crippen LogP contribution in [0, 0.1) is 0 Å². The van der Waals surface area contributed by atoms with Crippen LogP contribution in [0.1, 0.15) is 46.6 Å². The Hall–Kier alpha value is -1.80. The van der Waals surface area contributed by atoms with Crippen LogP contribution in [0.25, 0.3) is 0 Å². The van der Waals surface area contributed by atoms with E-state index in [2.05, 4.69) is 26.1 Å². The van der Waals surface area contributed by atoms with Crippen molar-refractivity contribution < 1.29 is 22.7 Å². The minimum Gasteiger partial charge on any atom is -0.476 e. The summed E-state index contributed by atoms with van der Waals surface area (Å²) in [4.78, 5) is 12.5. The summed E-state index contributed by atoms with van der Waals surface area (Å²) in [7, 11) is -3.55. The predicted molar refractivity (Wildman–Crippen MR) is 110 cm³/mol. The first-order chi connectivity index (χ1) is 12.9. The molecule has 1 heterocycles. The molecule has 1 unspecified atom stereocenters. The van der Waals surface area contributed by atoms with Crippen LogP contribution >= 0.6 is 0 Å². The van der Waals surface area contributed by atoms with E-state index in [-0.39, 0.29) is 24.0 Å². The monoisotopic (exact) mass is 412 g/mol. The fraction of sp³-hybridized carbons (Fsp3) is 0.650. The molecule has 0 saturated heterocycles. The molecular weight excluding hydrogens is 380 g/mol. The lowest BCUT2D eigenvalue weighted by Crippen LogP contribution is -2.50. The Labute approximate surface area is 168 Å². The number of fused-ring (bicyclic) bond motifs is 1. The number of anilines is 1. The number of hydrogen-bond acceptors (Lipinski definition) is 5. The normalized spacial score (nSPS) is 17.2. The second kappa shape index (κ2) is 8.69. The Balaban J connectivity index is 2.14. The smallest absolute Gasteiger partial charge is 0.263 e. The molecule has 7 nitrogen and oxygen atoms in total. The summed E-state index contributed by atoms with van der Waals surface area (Å²) in [6, 6.07) is 5.47. The van der Waals surface area contributed by atoms with Crippen molar-refractivity contribution in [3.8, 4) is 5.75 Å². The molecule has 0 radical (unpaired) electrons. The number of ether oxygens (including phenoxy) is 2. The van der Waals surface area contributed by atoms with Gasteiger partial charge in [0.1, 0.15) is 5.75 Å². The first-order valence-corrected chi connectivity index (χ1v) is 11.4. The first kappa shape index (κ1) is 22.5. The molecule has 0 aliphatic carbocycles. The van der Waals surface area contributed by atoms with E-state index in [0.29, 0.717) is 31.0 Å². The molecule has 0 fully saturated rings. The summed E-state index contributed by atoms with van der Waals surface area (Å²) in [5.74, 6) is 0.0664. The van der Waals surface area contributed by atoms with Crippen LogP contribution in [0.15, 0.2) is 18.2 Å². The van der Waals surface area contributed by atoms with Crippen LogP contribution in [0.2, 0.25) is 0 Å². The van der Waals surface area contributed by atoms with Gasteiger partial charge >= 0.3 is 0 Å². The van der Waals surface area contributed by atoms with Crippen LogP contribution in [-0.4, -0.2) is 52.5 Å². The van der Waals surface area contributed by atoms with Gasteiger partial charge in [0.2, 0.25) is 10.0 Å². The summed E-state index contributed by atoms with van der Waals surface area (Å²) in [6.45, 7) is 11.0. The van der Waals surface area contributed by atoms with Crippen LogP contribution in [0.4, 0.5) is 5.69 Å². The molecule has 0 saturated carbocycles. The van der Waals surface area contributed by atoms with Crippen molar-refractivity contribution in [3.63, 3.8) is 0 Å². The van der Waals surface area contributed by atoms with E-state index < -0.39 is 16.1 Å². The Kier molecular flexibility index (Phi) is 6.98. The maximum Gasteiger partial charge on any atom is 0.263 e. The Morgan fingerprint density at radius 3 is 2.61 bits per heavy atom. The van der Waals surface area contributed by atoms with Gasteiger partial charge in [0.05, 0.1) is 24.6 Å². The highest BCUT2D eigenvalue weighted by atomic mass is 32.2. The third kappa shape index (κ3) is 5.85. The van der Waals surface area contributed by atoms with Gasteiger partial charge < -0.3 is 14.8 Å². The minimum atomic E-state index is -3.55. The molecule has 8 heteroatoms. The van der Waals surface area contributed by atoms with Gasteiger partial charge in [-0.1, -0.05) is 26.8 Å². The highest BCUT2D eigenvalue weighted by Crippen LogP contribution is 2.38. The number of rotatable bonds is 7. The summed E-state index contributed by atoms with van der Waals surface area (Å²) in [6.07, 6.45) is 1.08. The Morgan fingerprint density at radius 1 is 1.36 bits per heavy atom. The standard InChI is InChI=1S/C20H32N2O5S/c1-14(2)26-11-7-10-21-19(23)18-13-22(28(6,24)25)16-12-15(20(3,4)5)8-9-17(16)27-18/h8-9,12,14,18H,7,10-11,13H2,1-6H3,(H,21,23). The third-order valence-electron chi connectivity index (χ3n) is 4.46. The van der Waals surface area contributed by atoms with Gasteiger partial charge in [0, 0.05) is 13.2 Å². The van der Waals surface area contributed by atoms with Crippen molar-refractivity contribution in [2.45, 2.75) is 58.7 Å². The second-order valence-electron chi connectivity index (χ2n) is 8.40. The van der Waals surface area contributed by atoms with E-state index in [1.165, 1.54) is 4.31 Å². The number of hydrogen-bond donors (Lipinski definition) is 1. The predicted octanol–water partition coefficient (Wildman–Crippen LogP) is 2.44. The Bertz CT molecular complexity index is 799. The summed E-state index contributed by atoms with van der Waals surface area (Å²) in [5.41, 5.74) is 1.34. The number of nitrogens with zero attached hydrogens (tertiary/aromatic N) is 1. The van der Waals surface area contributed by atoms with Crippen LogP contribution < -0.4 is 14.4 Å². The van der Waals surface area contributed by atoms with Gasteiger partial charge in [0.15, 0.2) is 6.10 Å². The van der Waals surface area contributed by atoms with Crippen molar-refractivity contribution in [1.29, 1.82) is 0 Å². The molecule has 2 rings (SSSR count). The maximum atomic E-state index is 12.5. The van der Waals surface area contributed by atoms with Crippen LogP contribution in [0.5, 0.6) is 5.75 Å². The molecule has 1 N–H and O–H groups in total. The number of carbonyl (C=O) groups is 1. The number of carbonyl (C=O) groups excluding carboxylic acids is 1. The third-order valence-corrected chi connectivity index (χ3v) is 5.61. The molecule has 1 aliphatic rings. The number of benzene rings is 1. The van der Waals surface area contributed by atoms with E-state index in [9.17, 15) is 13.2 Å². The minimum absolute atomic E-state index is 0.0479. The largest absolute Gasteiger partial charge is 0.476 e. The zero-order valence-electron chi connectivity index (χ0n) is 17.6. The molecule has 0 spiro atoms. The summed E-state index contributed by atoms with van der Waals surface area (Å²) in [5, 5.41) is 2.80. The highest BCUT2D eigenvalue weighted by Gasteiger charge is 2.35. The molecule has 1 aliphatic heterocycles. The lowest BCUT2D eigenvalue weighted by atomic mass is 9.86. The van der Waals surface area contributed by atoms with Crippen molar-refractivity contribution in [1.82, 2.24) is 5.32 Å². The number of sulfonamides is 1. The van der Waals surface area contributed by atoms with Crippen molar-refractivity contribution in [2.75, 3.05) is 30.3 Å². The molecule has 1 atom stereocenters. The quantitative estimate of drug-likeness (QED) is 0.696. The highest BCUT2D eigenvalue weighted by molar-refractivity contribution is 7.92. The lowest BCUT2D eigenvalue weighted by Gasteiger charge is -2.35. The average molecular weight is 413 g/mol. The zero-order valence-corrected chi connectivity index (χ0v) is 18.4. The molecule has 1 aromatic rings. The molecule has 1 amide bonds. The topological polar surface area (TPSA) is 84.9 Å². The van der Waals surface area contributed by atoms with E-state index in [1.54, 1.807) is 6.07 Å². The van der Waals surface area contributed by atoms with E-state index in [4.69, 9.17) is 9.47 Å². The van der Waals surface area contributed by atoms with E-state index in [0.717, 1.165) is 11.8 Å². The van der Waals surface area contributed by atoms with Crippen molar-refractivity contribution in [2.24, 2.45) is 0 Å². The SMILES string of the molecule is CC(C)OCCCNC(=O)C1CN(S(C)(=O)=O)c2cc(C(C)(C)C)ccc2O1. The first-order valence-electron chi connectivity index (χ1n) is 9.58. The summed E-state index contributed by atoms with van der Waals surface area (Å²) < 4.78 is 37.3. The van der Waals surface area contributed by atoms with E-state index >= 15 is 0 Å². The number of amides is 1. The van der Waals surface area contributed by atoms with Crippen LogP contribution in [0.3, 0.4) is 0 Å². The number of nitrogens with one attached hydrogen (secondary N) is 1. The summed E-state index contributed by atoms with van der Waals surface area (Å²) >= 11 is 0. The molecule has 158 valence electrons. The van der Waals surface area contributed by atoms with Gasteiger partial charge in [-0.3, -0.25) is 9.10 Å².